The summed E-state index contributed by atoms with van der Waals surface area (Å²) in [5.74, 6) is 0.932. The number of hydrogen-bond acceptors (Lipinski definition) is 2. The molecular formula is C10H14ClNO2. The van der Waals surface area contributed by atoms with E-state index in [0.29, 0.717) is 11.4 Å². The van der Waals surface area contributed by atoms with Gasteiger partial charge in [-0.1, -0.05) is 0 Å². The number of alkyl halides is 1. The van der Waals surface area contributed by atoms with Gasteiger partial charge in [-0.2, -0.15) is 0 Å². The molecule has 4 heteroatoms. The van der Waals surface area contributed by atoms with Crippen LogP contribution in [0.3, 0.4) is 0 Å². The summed E-state index contributed by atoms with van der Waals surface area (Å²) < 4.78 is 5.04. The third-order valence-electron chi connectivity index (χ3n) is 1.78. The molecule has 0 saturated heterocycles. The third kappa shape index (κ3) is 2.77. The summed E-state index contributed by atoms with van der Waals surface area (Å²) in [6, 6.07) is 1.69. The molecule has 1 aromatic rings. The van der Waals surface area contributed by atoms with Gasteiger partial charge >= 0.3 is 0 Å². The number of nitrogens with one attached hydrogen (secondary N) is 1. The molecule has 1 amide bonds. The van der Waals surface area contributed by atoms with Gasteiger partial charge in [-0.25, -0.2) is 0 Å². The van der Waals surface area contributed by atoms with Gasteiger partial charge in [-0.3, -0.25) is 4.79 Å². The molecule has 1 N–H and O–H groups in total. The maximum absolute atomic E-state index is 11.6. The molecule has 0 radical (unpaired) electrons. The summed E-state index contributed by atoms with van der Waals surface area (Å²) in [5.41, 5.74) is 0.129. The fourth-order valence-electron chi connectivity index (χ4n) is 0.975. The lowest BCUT2D eigenvalue weighted by Crippen LogP contribution is -2.44. The zero-order chi connectivity index (χ0) is 10.8. The van der Waals surface area contributed by atoms with Crippen LogP contribution >= 0.6 is 11.6 Å². The third-order valence-corrected chi connectivity index (χ3v) is 2.45. The Morgan fingerprint density at radius 3 is 2.71 bits per heavy atom. The zero-order valence-corrected chi connectivity index (χ0v) is 9.31. The van der Waals surface area contributed by atoms with Gasteiger partial charge in [0.15, 0.2) is 0 Å². The fraction of sp³-hybridized carbons (Fsp3) is 0.500. The summed E-state index contributed by atoms with van der Waals surface area (Å²) in [7, 11) is 0. The summed E-state index contributed by atoms with van der Waals surface area (Å²) in [6.07, 6.45) is 1.44. The molecule has 0 aliphatic rings. The minimum atomic E-state index is -0.399. The van der Waals surface area contributed by atoms with Crippen LogP contribution in [0.25, 0.3) is 0 Å². The van der Waals surface area contributed by atoms with Gasteiger partial charge in [0.25, 0.3) is 5.91 Å². The van der Waals surface area contributed by atoms with Crippen molar-refractivity contribution in [1.82, 2.24) is 5.32 Å². The SMILES string of the molecule is Cc1cc(C(=O)NC(C)(C)CCl)co1. The molecule has 0 aliphatic carbocycles. The van der Waals surface area contributed by atoms with Crippen molar-refractivity contribution in [1.29, 1.82) is 0 Å². The number of rotatable bonds is 3. The first kappa shape index (κ1) is 11.1. The molecule has 0 aliphatic heterocycles. The van der Waals surface area contributed by atoms with Crippen molar-refractivity contribution in [3.63, 3.8) is 0 Å². The average molecular weight is 216 g/mol. The van der Waals surface area contributed by atoms with Crippen LogP contribution in [0.1, 0.15) is 30.0 Å². The molecule has 0 unspecified atom stereocenters. The zero-order valence-electron chi connectivity index (χ0n) is 8.56. The van der Waals surface area contributed by atoms with E-state index in [2.05, 4.69) is 5.32 Å². The summed E-state index contributed by atoms with van der Waals surface area (Å²) in [6.45, 7) is 5.53. The van der Waals surface area contributed by atoms with Crippen molar-refractivity contribution in [2.45, 2.75) is 26.3 Å². The first-order valence-electron chi connectivity index (χ1n) is 4.38. The Hall–Kier alpha value is -0.960. The normalized spacial score (nSPS) is 11.4. The van der Waals surface area contributed by atoms with Crippen molar-refractivity contribution in [2.75, 3.05) is 5.88 Å². The Kier molecular flexibility index (Phi) is 3.21. The highest BCUT2D eigenvalue weighted by molar-refractivity contribution is 6.18. The Labute approximate surface area is 88.4 Å². The minimum absolute atomic E-state index is 0.160. The molecule has 1 heterocycles. The number of halogens is 1. The summed E-state index contributed by atoms with van der Waals surface area (Å²) in [5, 5.41) is 2.80. The standard InChI is InChI=1S/C10H14ClNO2/c1-7-4-8(5-14-7)9(13)12-10(2,3)6-11/h4-5H,6H2,1-3H3,(H,12,13). The molecule has 78 valence electrons. The van der Waals surface area contributed by atoms with Crippen LogP contribution < -0.4 is 5.32 Å². The highest BCUT2D eigenvalue weighted by Crippen LogP contribution is 2.10. The van der Waals surface area contributed by atoms with Crippen LogP contribution in [0, 0.1) is 6.92 Å². The first-order valence-corrected chi connectivity index (χ1v) is 4.92. The van der Waals surface area contributed by atoms with E-state index in [0.717, 1.165) is 5.76 Å². The van der Waals surface area contributed by atoms with E-state index in [1.165, 1.54) is 6.26 Å². The van der Waals surface area contributed by atoms with Gasteiger partial charge < -0.3 is 9.73 Å². The number of carbonyl (C=O) groups excluding carboxylic acids is 1. The van der Waals surface area contributed by atoms with E-state index in [4.69, 9.17) is 16.0 Å². The smallest absolute Gasteiger partial charge is 0.254 e. The molecule has 3 nitrogen and oxygen atoms in total. The largest absolute Gasteiger partial charge is 0.469 e. The van der Waals surface area contributed by atoms with Crippen LogP contribution in [0.5, 0.6) is 0 Å². The second kappa shape index (κ2) is 4.05. The van der Waals surface area contributed by atoms with Gasteiger partial charge in [-0.05, 0) is 26.8 Å². The Morgan fingerprint density at radius 2 is 2.29 bits per heavy atom. The van der Waals surface area contributed by atoms with Crippen LogP contribution in [-0.2, 0) is 0 Å². The van der Waals surface area contributed by atoms with Crippen molar-refractivity contribution >= 4 is 17.5 Å². The van der Waals surface area contributed by atoms with Crippen LogP contribution in [0.4, 0.5) is 0 Å². The van der Waals surface area contributed by atoms with Crippen molar-refractivity contribution in [3.8, 4) is 0 Å². The number of amides is 1. The predicted molar refractivity (Wildman–Crippen MR) is 55.7 cm³/mol. The van der Waals surface area contributed by atoms with E-state index < -0.39 is 5.54 Å². The van der Waals surface area contributed by atoms with E-state index in [9.17, 15) is 4.79 Å². The topological polar surface area (TPSA) is 42.2 Å². The number of aryl methyl sites for hydroxylation is 1. The van der Waals surface area contributed by atoms with Gasteiger partial charge in [0, 0.05) is 11.4 Å². The number of carbonyl (C=O) groups is 1. The number of furan rings is 1. The average Bonchev–Trinajstić information content (AvgIpc) is 2.51. The Balaban J connectivity index is 2.68. The minimum Gasteiger partial charge on any atom is -0.469 e. The van der Waals surface area contributed by atoms with Crippen LogP contribution in [-0.4, -0.2) is 17.3 Å². The van der Waals surface area contributed by atoms with Crippen molar-refractivity contribution in [2.24, 2.45) is 0 Å². The lowest BCUT2D eigenvalue weighted by Gasteiger charge is -2.22. The first-order chi connectivity index (χ1) is 6.44. The monoisotopic (exact) mass is 215 g/mol. The molecule has 0 saturated carbocycles. The highest BCUT2D eigenvalue weighted by Gasteiger charge is 2.20. The molecule has 1 aromatic heterocycles. The molecule has 0 fully saturated rings. The van der Waals surface area contributed by atoms with E-state index in [1.807, 2.05) is 13.8 Å². The van der Waals surface area contributed by atoms with E-state index >= 15 is 0 Å². The second-order valence-electron chi connectivity index (χ2n) is 3.92. The van der Waals surface area contributed by atoms with E-state index in [1.54, 1.807) is 13.0 Å². The summed E-state index contributed by atoms with van der Waals surface area (Å²) >= 11 is 5.69. The maximum atomic E-state index is 11.6. The molecular weight excluding hydrogens is 202 g/mol. The van der Waals surface area contributed by atoms with Crippen molar-refractivity contribution in [3.05, 3.63) is 23.7 Å². The van der Waals surface area contributed by atoms with Gasteiger partial charge in [0.05, 0.1) is 5.56 Å². The highest BCUT2D eigenvalue weighted by atomic mass is 35.5. The Morgan fingerprint density at radius 1 is 1.64 bits per heavy atom. The van der Waals surface area contributed by atoms with E-state index in [-0.39, 0.29) is 5.91 Å². The fourth-order valence-corrected chi connectivity index (χ4v) is 1.04. The van der Waals surface area contributed by atoms with Crippen molar-refractivity contribution < 1.29 is 9.21 Å². The van der Waals surface area contributed by atoms with Gasteiger partial charge in [0.1, 0.15) is 12.0 Å². The van der Waals surface area contributed by atoms with Gasteiger partial charge in [0.2, 0.25) is 0 Å². The lowest BCUT2D eigenvalue weighted by molar-refractivity contribution is 0.0920. The molecule has 0 bridgehead atoms. The lowest BCUT2D eigenvalue weighted by atomic mass is 10.1. The molecule has 0 atom stereocenters. The predicted octanol–water partition coefficient (Wildman–Crippen LogP) is 2.34. The second-order valence-corrected chi connectivity index (χ2v) is 4.18. The molecule has 1 rings (SSSR count). The Bertz CT molecular complexity index is 331. The molecule has 14 heavy (non-hydrogen) atoms. The quantitative estimate of drug-likeness (QED) is 0.787. The maximum Gasteiger partial charge on any atom is 0.254 e. The van der Waals surface area contributed by atoms with Gasteiger partial charge in [-0.15, -0.1) is 11.6 Å². The molecule has 0 aromatic carbocycles. The van der Waals surface area contributed by atoms with Crippen LogP contribution in [0.2, 0.25) is 0 Å². The van der Waals surface area contributed by atoms with Crippen LogP contribution in [0.15, 0.2) is 16.7 Å². The number of hydrogen-bond donors (Lipinski definition) is 1. The summed E-state index contributed by atoms with van der Waals surface area (Å²) in [4.78, 5) is 11.6. The molecule has 0 spiro atoms.